The van der Waals surface area contributed by atoms with Crippen molar-refractivity contribution in [2.45, 2.75) is 12.5 Å². The summed E-state index contributed by atoms with van der Waals surface area (Å²) in [6.07, 6.45) is 1.83. The van der Waals surface area contributed by atoms with Gasteiger partial charge in [-0.1, -0.05) is 18.2 Å². The number of allylic oxidation sites excluding steroid dienone is 1. The van der Waals surface area contributed by atoms with Gasteiger partial charge in [-0.3, -0.25) is 15.1 Å². The number of amides is 1. The topological polar surface area (TPSA) is 41.6 Å². The van der Waals surface area contributed by atoms with E-state index in [1.807, 2.05) is 37.3 Å². The van der Waals surface area contributed by atoms with E-state index in [0.29, 0.717) is 0 Å². The molecule has 1 N–H and O–H groups in total. The van der Waals surface area contributed by atoms with Gasteiger partial charge in [0.05, 0.1) is 5.69 Å². The summed E-state index contributed by atoms with van der Waals surface area (Å²) in [7, 11) is 1.76. The maximum Gasteiger partial charge on any atom is 0.270 e. The Morgan fingerprint density at radius 1 is 1.38 bits per heavy atom. The maximum absolute atomic E-state index is 12.2. The number of carbonyl (C=O) groups excluding carboxylic acids is 1. The summed E-state index contributed by atoms with van der Waals surface area (Å²) in [4.78, 5) is 19.4. The molecule has 2 aliphatic heterocycles. The number of nitrogens with zero attached hydrogens (tertiary/aromatic N) is 1. The first-order chi connectivity index (χ1) is 7.65. The lowest BCUT2D eigenvalue weighted by Crippen LogP contribution is -2.38. The molecular weight excluding hydrogens is 204 g/mol. The van der Waals surface area contributed by atoms with Crippen LogP contribution in [0.1, 0.15) is 12.5 Å². The molecular formula is C12H12N2O2. The van der Waals surface area contributed by atoms with Crippen molar-refractivity contribution in [3.8, 4) is 0 Å². The first-order valence-corrected chi connectivity index (χ1v) is 5.16. The smallest absolute Gasteiger partial charge is 0.270 e. The van der Waals surface area contributed by atoms with Gasteiger partial charge in [-0.25, -0.2) is 0 Å². The lowest BCUT2D eigenvalue weighted by Gasteiger charge is -2.18. The Hall–Kier alpha value is -1.81. The molecule has 0 saturated heterocycles. The molecule has 0 saturated carbocycles. The third kappa shape index (κ3) is 0.945. The summed E-state index contributed by atoms with van der Waals surface area (Å²) >= 11 is 0. The van der Waals surface area contributed by atoms with E-state index in [1.54, 1.807) is 11.9 Å². The highest BCUT2D eigenvalue weighted by molar-refractivity contribution is 6.08. The Morgan fingerprint density at radius 2 is 2.12 bits per heavy atom. The van der Waals surface area contributed by atoms with E-state index in [9.17, 15) is 4.79 Å². The van der Waals surface area contributed by atoms with Crippen LogP contribution in [0.5, 0.6) is 0 Å². The third-order valence-corrected chi connectivity index (χ3v) is 3.08. The molecule has 82 valence electrons. The van der Waals surface area contributed by atoms with Gasteiger partial charge in [0, 0.05) is 18.3 Å². The van der Waals surface area contributed by atoms with Gasteiger partial charge in [-0.05, 0) is 19.1 Å². The zero-order chi connectivity index (χ0) is 11.3. The largest absolute Gasteiger partial charge is 0.312 e. The number of hydrogen-bond acceptors (Lipinski definition) is 3. The van der Waals surface area contributed by atoms with Crippen LogP contribution in [0.2, 0.25) is 0 Å². The molecule has 2 aliphatic rings. The van der Waals surface area contributed by atoms with Crippen LogP contribution in [0.25, 0.3) is 0 Å². The van der Waals surface area contributed by atoms with Crippen LogP contribution in [0.4, 0.5) is 5.69 Å². The number of hydroxylamine groups is 1. The van der Waals surface area contributed by atoms with Crippen LogP contribution < -0.4 is 10.4 Å². The standard InChI is InChI=1S/C12H12N2O2/c1-8-7-12(16-13-8)9-5-3-4-6-10(9)14(2)11(12)15/h3-7,13H,1-2H3/t12-/m1/s1. The van der Waals surface area contributed by atoms with Crippen LogP contribution in [0.15, 0.2) is 36.0 Å². The van der Waals surface area contributed by atoms with Gasteiger partial charge in [-0.2, -0.15) is 0 Å². The van der Waals surface area contributed by atoms with Gasteiger partial charge in [-0.15, -0.1) is 0 Å². The molecule has 3 rings (SSSR count). The Labute approximate surface area is 93.5 Å². The third-order valence-electron chi connectivity index (χ3n) is 3.08. The molecule has 2 heterocycles. The summed E-state index contributed by atoms with van der Waals surface area (Å²) in [6, 6.07) is 7.68. The van der Waals surface area contributed by atoms with Crippen molar-refractivity contribution in [2.75, 3.05) is 11.9 Å². The first kappa shape index (κ1) is 9.42. The Balaban J connectivity index is 2.25. The molecule has 1 amide bonds. The minimum atomic E-state index is -0.963. The van der Waals surface area contributed by atoms with Gasteiger partial charge in [0.15, 0.2) is 0 Å². The van der Waals surface area contributed by atoms with Crippen LogP contribution in [-0.2, 0) is 15.2 Å². The summed E-state index contributed by atoms with van der Waals surface area (Å²) in [5.41, 5.74) is 4.45. The molecule has 4 nitrogen and oxygen atoms in total. The quantitative estimate of drug-likeness (QED) is 0.710. The van der Waals surface area contributed by atoms with Gasteiger partial charge in [0.25, 0.3) is 5.91 Å². The van der Waals surface area contributed by atoms with E-state index in [-0.39, 0.29) is 5.91 Å². The molecule has 0 unspecified atom stereocenters. The van der Waals surface area contributed by atoms with Crippen molar-refractivity contribution < 1.29 is 9.63 Å². The average molecular weight is 216 g/mol. The monoisotopic (exact) mass is 216 g/mol. The Kier molecular flexibility index (Phi) is 1.68. The van der Waals surface area contributed by atoms with E-state index in [2.05, 4.69) is 5.48 Å². The Bertz CT molecular complexity index is 509. The maximum atomic E-state index is 12.2. The number of benzene rings is 1. The highest BCUT2D eigenvalue weighted by Gasteiger charge is 2.52. The predicted octanol–water partition coefficient (Wildman–Crippen LogP) is 1.30. The molecule has 1 spiro atoms. The molecule has 1 atom stereocenters. The van der Waals surface area contributed by atoms with Crippen molar-refractivity contribution in [2.24, 2.45) is 0 Å². The van der Waals surface area contributed by atoms with Gasteiger partial charge in [0.1, 0.15) is 0 Å². The van der Waals surface area contributed by atoms with Crippen LogP contribution in [0, 0.1) is 0 Å². The van der Waals surface area contributed by atoms with Crippen molar-refractivity contribution in [1.29, 1.82) is 0 Å². The SMILES string of the molecule is CC1=C[C@]2(ON1)C(=O)N(C)c1ccccc12. The van der Waals surface area contributed by atoms with E-state index in [1.165, 1.54) is 0 Å². The van der Waals surface area contributed by atoms with Gasteiger partial charge in [0.2, 0.25) is 5.60 Å². The van der Waals surface area contributed by atoms with E-state index in [0.717, 1.165) is 16.9 Å². The fraction of sp³-hybridized carbons (Fsp3) is 0.250. The minimum Gasteiger partial charge on any atom is -0.312 e. The molecule has 16 heavy (non-hydrogen) atoms. The normalized spacial score (nSPS) is 27.0. The van der Waals surface area contributed by atoms with Gasteiger partial charge < -0.3 is 4.90 Å². The van der Waals surface area contributed by atoms with E-state index in [4.69, 9.17) is 4.84 Å². The molecule has 0 fully saturated rings. The number of carbonyl (C=O) groups is 1. The summed E-state index contributed by atoms with van der Waals surface area (Å²) in [5.74, 6) is -0.0574. The second-order valence-corrected chi connectivity index (χ2v) is 4.15. The van der Waals surface area contributed by atoms with Crippen LogP contribution in [0.3, 0.4) is 0 Å². The molecule has 1 aromatic rings. The number of nitrogens with one attached hydrogen (secondary N) is 1. The zero-order valence-electron chi connectivity index (χ0n) is 9.15. The summed E-state index contributed by atoms with van der Waals surface area (Å²) in [6.45, 7) is 1.88. The fourth-order valence-electron chi connectivity index (χ4n) is 2.32. The predicted molar refractivity (Wildman–Crippen MR) is 59.5 cm³/mol. The summed E-state index contributed by atoms with van der Waals surface area (Å²) in [5, 5.41) is 0. The molecule has 0 aromatic heterocycles. The highest BCUT2D eigenvalue weighted by Crippen LogP contribution is 2.44. The molecule has 1 aromatic carbocycles. The second kappa shape index (κ2) is 2.86. The number of para-hydroxylation sites is 1. The van der Waals surface area contributed by atoms with E-state index >= 15 is 0 Å². The number of likely N-dealkylation sites (N-methyl/N-ethyl adjacent to an activating group) is 1. The van der Waals surface area contributed by atoms with Crippen molar-refractivity contribution in [1.82, 2.24) is 5.48 Å². The number of hydrogen-bond donors (Lipinski definition) is 1. The molecule has 0 aliphatic carbocycles. The van der Waals surface area contributed by atoms with Crippen molar-refractivity contribution >= 4 is 11.6 Å². The van der Waals surface area contributed by atoms with Crippen molar-refractivity contribution in [3.05, 3.63) is 41.6 Å². The van der Waals surface area contributed by atoms with E-state index < -0.39 is 5.60 Å². The number of anilines is 1. The first-order valence-electron chi connectivity index (χ1n) is 5.16. The molecule has 0 bridgehead atoms. The van der Waals surface area contributed by atoms with Crippen molar-refractivity contribution in [3.63, 3.8) is 0 Å². The molecule has 0 radical (unpaired) electrons. The minimum absolute atomic E-state index is 0.0574. The summed E-state index contributed by atoms with van der Waals surface area (Å²) < 4.78 is 0. The molecule has 4 heteroatoms. The lowest BCUT2D eigenvalue weighted by molar-refractivity contribution is -0.140. The second-order valence-electron chi connectivity index (χ2n) is 4.15. The zero-order valence-corrected chi connectivity index (χ0v) is 9.15. The number of fused-ring (bicyclic) bond motifs is 2. The fourth-order valence-corrected chi connectivity index (χ4v) is 2.32. The highest BCUT2D eigenvalue weighted by atomic mass is 16.7. The average Bonchev–Trinajstić information content (AvgIpc) is 2.78. The Morgan fingerprint density at radius 3 is 2.81 bits per heavy atom. The number of rotatable bonds is 0. The van der Waals surface area contributed by atoms with Gasteiger partial charge >= 0.3 is 0 Å². The van der Waals surface area contributed by atoms with Crippen LogP contribution in [-0.4, -0.2) is 13.0 Å². The lowest BCUT2D eigenvalue weighted by atomic mass is 9.95. The van der Waals surface area contributed by atoms with Crippen LogP contribution >= 0.6 is 0 Å².